The molecule has 0 aromatic heterocycles. The van der Waals surface area contributed by atoms with E-state index in [1.54, 1.807) is 0 Å². The minimum Gasteiger partial charge on any atom is -0.395 e. The lowest BCUT2D eigenvalue weighted by Crippen LogP contribution is -2.16. The van der Waals surface area contributed by atoms with Crippen molar-refractivity contribution in [2.75, 3.05) is 6.61 Å². The van der Waals surface area contributed by atoms with E-state index in [0.29, 0.717) is 11.9 Å². The molecule has 2 fully saturated rings. The van der Waals surface area contributed by atoms with Crippen LogP contribution in [0.15, 0.2) is 0 Å². The largest absolute Gasteiger partial charge is 0.395 e. The second-order valence-corrected chi connectivity index (χ2v) is 5.30. The molecular formula is C9H16OS. The molecule has 1 heterocycles. The molecule has 0 radical (unpaired) electrons. The third-order valence-corrected chi connectivity index (χ3v) is 4.67. The van der Waals surface area contributed by atoms with Crippen molar-refractivity contribution in [2.24, 2.45) is 5.92 Å². The van der Waals surface area contributed by atoms with Gasteiger partial charge in [0.2, 0.25) is 0 Å². The highest BCUT2D eigenvalue weighted by Gasteiger charge is 2.35. The Labute approximate surface area is 72.6 Å². The van der Waals surface area contributed by atoms with E-state index in [9.17, 15) is 0 Å². The predicted molar refractivity (Wildman–Crippen MR) is 48.8 cm³/mol. The van der Waals surface area contributed by atoms with Gasteiger partial charge in [-0.15, -0.1) is 0 Å². The van der Waals surface area contributed by atoms with Crippen LogP contribution in [0.3, 0.4) is 0 Å². The Kier molecular flexibility index (Phi) is 2.42. The summed E-state index contributed by atoms with van der Waals surface area (Å²) < 4.78 is 0. The molecule has 1 aliphatic carbocycles. The highest BCUT2D eigenvalue weighted by atomic mass is 32.2. The lowest BCUT2D eigenvalue weighted by Gasteiger charge is -2.23. The molecule has 1 saturated heterocycles. The summed E-state index contributed by atoms with van der Waals surface area (Å²) in [7, 11) is 0. The summed E-state index contributed by atoms with van der Waals surface area (Å²) in [5, 5.41) is 10.5. The van der Waals surface area contributed by atoms with Gasteiger partial charge in [0, 0.05) is 10.5 Å². The highest BCUT2D eigenvalue weighted by molar-refractivity contribution is 8.00. The summed E-state index contributed by atoms with van der Waals surface area (Å²) in [6.45, 7) is 0.400. The van der Waals surface area contributed by atoms with Gasteiger partial charge in [0.05, 0.1) is 6.61 Å². The summed E-state index contributed by atoms with van der Waals surface area (Å²) in [4.78, 5) is 0. The zero-order chi connectivity index (χ0) is 7.68. The van der Waals surface area contributed by atoms with Crippen molar-refractivity contribution in [1.82, 2.24) is 0 Å². The molecule has 3 atom stereocenters. The van der Waals surface area contributed by atoms with Crippen LogP contribution < -0.4 is 0 Å². The molecule has 11 heavy (non-hydrogen) atoms. The van der Waals surface area contributed by atoms with Crippen LogP contribution in [-0.4, -0.2) is 22.2 Å². The zero-order valence-electron chi connectivity index (χ0n) is 6.83. The second-order valence-electron chi connectivity index (χ2n) is 3.76. The Bertz CT molecular complexity index is 124. The molecule has 3 unspecified atom stereocenters. The maximum absolute atomic E-state index is 8.99. The summed E-state index contributed by atoms with van der Waals surface area (Å²) in [5.41, 5.74) is 0. The van der Waals surface area contributed by atoms with Crippen molar-refractivity contribution in [3.05, 3.63) is 0 Å². The molecule has 0 aromatic rings. The summed E-state index contributed by atoms with van der Waals surface area (Å²) in [6.07, 6.45) is 6.97. The molecule has 2 aliphatic rings. The van der Waals surface area contributed by atoms with E-state index < -0.39 is 0 Å². The van der Waals surface area contributed by atoms with Gasteiger partial charge in [-0.1, -0.05) is 12.8 Å². The first-order valence-electron chi connectivity index (χ1n) is 4.66. The first-order chi connectivity index (χ1) is 5.40. The average Bonchev–Trinajstić information content (AvgIpc) is 2.46. The van der Waals surface area contributed by atoms with Gasteiger partial charge in [-0.3, -0.25) is 0 Å². The van der Waals surface area contributed by atoms with Gasteiger partial charge in [0.1, 0.15) is 0 Å². The van der Waals surface area contributed by atoms with Crippen LogP contribution in [0, 0.1) is 5.92 Å². The fourth-order valence-electron chi connectivity index (χ4n) is 2.38. The summed E-state index contributed by atoms with van der Waals surface area (Å²) >= 11 is 2.04. The van der Waals surface area contributed by atoms with Crippen LogP contribution >= 0.6 is 11.8 Å². The molecule has 0 spiro atoms. The molecule has 1 N–H and O–H groups in total. The Morgan fingerprint density at radius 2 is 2.09 bits per heavy atom. The van der Waals surface area contributed by atoms with E-state index in [-0.39, 0.29) is 0 Å². The fraction of sp³-hybridized carbons (Fsp3) is 1.00. The van der Waals surface area contributed by atoms with Crippen LogP contribution in [0.25, 0.3) is 0 Å². The van der Waals surface area contributed by atoms with E-state index in [1.165, 1.54) is 32.1 Å². The SMILES string of the molecule is OCC1CC2CCCCC2S1. The van der Waals surface area contributed by atoms with E-state index in [4.69, 9.17) is 5.11 Å². The molecule has 1 nitrogen and oxygen atoms in total. The lowest BCUT2D eigenvalue weighted by atomic mass is 9.86. The van der Waals surface area contributed by atoms with Gasteiger partial charge < -0.3 is 5.11 Å². The van der Waals surface area contributed by atoms with Crippen LogP contribution in [0.4, 0.5) is 0 Å². The van der Waals surface area contributed by atoms with Crippen molar-refractivity contribution in [3.8, 4) is 0 Å². The standard InChI is InChI=1S/C9H16OS/c10-6-8-5-7-3-1-2-4-9(7)11-8/h7-10H,1-6H2. The minimum atomic E-state index is 0.400. The fourth-order valence-corrected chi connectivity index (χ4v) is 4.09. The molecule has 0 aromatic carbocycles. The van der Waals surface area contributed by atoms with Crippen molar-refractivity contribution >= 4 is 11.8 Å². The average molecular weight is 172 g/mol. The maximum Gasteiger partial charge on any atom is 0.0550 e. The Morgan fingerprint density at radius 1 is 1.27 bits per heavy atom. The third-order valence-electron chi connectivity index (χ3n) is 2.98. The van der Waals surface area contributed by atoms with Gasteiger partial charge in [-0.25, -0.2) is 0 Å². The van der Waals surface area contributed by atoms with Gasteiger partial charge in [-0.2, -0.15) is 11.8 Å². The van der Waals surface area contributed by atoms with Gasteiger partial charge >= 0.3 is 0 Å². The number of hydrogen-bond donors (Lipinski definition) is 1. The summed E-state index contributed by atoms with van der Waals surface area (Å²) in [5.74, 6) is 0.950. The van der Waals surface area contributed by atoms with E-state index in [1.807, 2.05) is 11.8 Å². The molecule has 2 rings (SSSR count). The molecule has 1 saturated carbocycles. The normalized spacial score (nSPS) is 43.9. The monoisotopic (exact) mass is 172 g/mol. The number of rotatable bonds is 1. The van der Waals surface area contributed by atoms with Crippen LogP contribution in [0.1, 0.15) is 32.1 Å². The molecule has 0 bridgehead atoms. The first-order valence-corrected chi connectivity index (χ1v) is 5.61. The smallest absolute Gasteiger partial charge is 0.0550 e. The number of aliphatic hydroxyl groups is 1. The van der Waals surface area contributed by atoms with E-state index in [2.05, 4.69) is 0 Å². The molecule has 2 heteroatoms. The van der Waals surface area contributed by atoms with Crippen molar-refractivity contribution < 1.29 is 5.11 Å². The van der Waals surface area contributed by atoms with Crippen LogP contribution in [-0.2, 0) is 0 Å². The third kappa shape index (κ3) is 1.57. The van der Waals surface area contributed by atoms with Crippen LogP contribution in [0.5, 0.6) is 0 Å². The number of hydrogen-bond acceptors (Lipinski definition) is 2. The maximum atomic E-state index is 8.99. The zero-order valence-corrected chi connectivity index (χ0v) is 7.65. The highest BCUT2D eigenvalue weighted by Crippen LogP contribution is 2.45. The van der Waals surface area contributed by atoms with Gasteiger partial charge in [-0.05, 0) is 25.2 Å². The van der Waals surface area contributed by atoms with E-state index in [0.717, 1.165) is 11.2 Å². The minimum absolute atomic E-state index is 0.400. The van der Waals surface area contributed by atoms with Crippen LogP contribution in [0.2, 0.25) is 0 Å². The number of aliphatic hydroxyl groups excluding tert-OH is 1. The van der Waals surface area contributed by atoms with E-state index >= 15 is 0 Å². The molecule has 1 aliphatic heterocycles. The number of thioether (sulfide) groups is 1. The number of fused-ring (bicyclic) bond motifs is 1. The summed E-state index contributed by atoms with van der Waals surface area (Å²) in [6, 6.07) is 0. The Balaban J connectivity index is 1.92. The quantitative estimate of drug-likeness (QED) is 0.653. The molecular weight excluding hydrogens is 156 g/mol. The Hall–Kier alpha value is 0.310. The van der Waals surface area contributed by atoms with Crippen molar-refractivity contribution in [2.45, 2.75) is 42.6 Å². The second kappa shape index (κ2) is 3.36. The van der Waals surface area contributed by atoms with Crippen molar-refractivity contribution in [1.29, 1.82) is 0 Å². The van der Waals surface area contributed by atoms with Gasteiger partial charge in [0.25, 0.3) is 0 Å². The van der Waals surface area contributed by atoms with Crippen molar-refractivity contribution in [3.63, 3.8) is 0 Å². The molecule has 0 amide bonds. The lowest BCUT2D eigenvalue weighted by molar-refractivity contribution is 0.276. The molecule has 64 valence electrons. The first kappa shape index (κ1) is 7.93. The van der Waals surface area contributed by atoms with Gasteiger partial charge in [0.15, 0.2) is 0 Å². The topological polar surface area (TPSA) is 20.2 Å². The Morgan fingerprint density at radius 3 is 2.82 bits per heavy atom. The predicted octanol–water partition coefficient (Wildman–Crippen LogP) is 2.04.